The summed E-state index contributed by atoms with van der Waals surface area (Å²) in [7, 11) is 0. The zero-order chi connectivity index (χ0) is 13.7. The Kier molecular flexibility index (Phi) is 4.30. The molecule has 0 aliphatic carbocycles. The van der Waals surface area contributed by atoms with Gasteiger partial charge in [-0.3, -0.25) is 9.89 Å². The number of aromatic nitrogens is 2. The van der Waals surface area contributed by atoms with Crippen molar-refractivity contribution < 1.29 is 9.90 Å². The van der Waals surface area contributed by atoms with Crippen molar-refractivity contribution in [2.24, 2.45) is 0 Å². The van der Waals surface area contributed by atoms with Gasteiger partial charge in [0.05, 0.1) is 24.8 Å². The largest absolute Gasteiger partial charge is 0.394 e. The average Bonchev–Trinajstić information content (AvgIpc) is 2.82. The van der Waals surface area contributed by atoms with Crippen molar-refractivity contribution in [1.82, 2.24) is 15.5 Å². The maximum absolute atomic E-state index is 11.9. The maximum atomic E-state index is 11.9. The number of carbonyl (C=O) groups excluding carboxylic acids is 1. The molecule has 0 unspecified atom stereocenters. The summed E-state index contributed by atoms with van der Waals surface area (Å²) in [6.45, 7) is 1.75. The Balaban J connectivity index is 1.97. The summed E-state index contributed by atoms with van der Waals surface area (Å²) in [5.41, 5.74) is 2.50. The van der Waals surface area contributed by atoms with E-state index in [1.807, 2.05) is 43.3 Å². The number of H-pyrrole nitrogens is 1. The molecule has 2 rings (SSSR count). The van der Waals surface area contributed by atoms with Crippen molar-refractivity contribution >= 4 is 5.91 Å². The highest BCUT2D eigenvalue weighted by Gasteiger charge is 2.14. The van der Waals surface area contributed by atoms with E-state index < -0.39 is 0 Å². The quantitative estimate of drug-likeness (QED) is 0.752. The minimum atomic E-state index is -0.381. The second-order valence-corrected chi connectivity index (χ2v) is 4.43. The van der Waals surface area contributed by atoms with Crippen molar-refractivity contribution in [3.63, 3.8) is 0 Å². The first kappa shape index (κ1) is 13.3. The van der Waals surface area contributed by atoms with Crippen molar-refractivity contribution in [3.05, 3.63) is 53.3 Å². The van der Waals surface area contributed by atoms with Crippen LogP contribution >= 0.6 is 0 Å². The first-order valence-corrected chi connectivity index (χ1v) is 6.15. The summed E-state index contributed by atoms with van der Waals surface area (Å²) in [5.74, 6) is -0.158. The zero-order valence-corrected chi connectivity index (χ0v) is 10.8. The lowest BCUT2D eigenvalue weighted by Gasteiger charge is -2.16. The van der Waals surface area contributed by atoms with Gasteiger partial charge in [-0.15, -0.1) is 0 Å². The van der Waals surface area contributed by atoms with Gasteiger partial charge in [0.15, 0.2) is 0 Å². The number of aliphatic hydroxyl groups excluding tert-OH is 1. The van der Waals surface area contributed by atoms with Gasteiger partial charge in [0.25, 0.3) is 0 Å². The Morgan fingerprint density at radius 1 is 1.42 bits per heavy atom. The van der Waals surface area contributed by atoms with Gasteiger partial charge in [0, 0.05) is 5.69 Å². The van der Waals surface area contributed by atoms with E-state index in [9.17, 15) is 9.90 Å². The number of amides is 1. The standard InChI is InChI=1S/C14H17N3O2/c1-10-7-12(17-16-10)8-14(19)15-13(9-18)11-5-3-2-4-6-11/h2-7,13,18H,8-9H2,1H3,(H,15,19)(H,16,17)/t13-/m1/s1. The molecular formula is C14H17N3O2. The smallest absolute Gasteiger partial charge is 0.226 e. The lowest BCUT2D eigenvalue weighted by molar-refractivity contribution is -0.121. The normalized spacial score (nSPS) is 12.1. The van der Waals surface area contributed by atoms with Crippen LogP contribution in [-0.2, 0) is 11.2 Å². The number of nitrogens with zero attached hydrogens (tertiary/aromatic N) is 1. The van der Waals surface area contributed by atoms with Gasteiger partial charge in [-0.1, -0.05) is 30.3 Å². The van der Waals surface area contributed by atoms with E-state index in [1.165, 1.54) is 0 Å². The monoisotopic (exact) mass is 259 g/mol. The number of aryl methyl sites for hydroxylation is 1. The summed E-state index contributed by atoms with van der Waals surface area (Å²) in [4.78, 5) is 11.9. The van der Waals surface area contributed by atoms with Crippen LogP contribution in [0, 0.1) is 6.92 Å². The fraction of sp³-hybridized carbons (Fsp3) is 0.286. The van der Waals surface area contributed by atoms with Crippen LogP contribution in [-0.4, -0.2) is 27.8 Å². The molecule has 0 radical (unpaired) electrons. The summed E-state index contributed by atoms with van der Waals surface area (Å²) in [6, 6.07) is 10.8. The van der Waals surface area contributed by atoms with E-state index in [0.29, 0.717) is 5.69 Å². The van der Waals surface area contributed by atoms with Gasteiger partial charge in [-0.2, -0.15) is 5.10 Å². The lowest BCUT2D eigenvalue weighted by atomic mass is 10.1. The average molecular weight is 259 g/mol. The van der Waals surface area contributed by atoms with Crippen LogP contribution < -0.4 is 5.32 Å². The molecule has 0 saturated carbocycles. The molecule has 2 aromatic rings. The predicted molar refractivity (Wildman–Crippen MR) is 71.4 cm³/mol. The van der Waals surface area contributed by atoms with E-state index in [-0.39, 0.29) is 25.0 Å². The van der Waals surface area contributed by atoms with Crippen molar-refractivity contribution in [2.75, 3.05) is 6.61 Å². The fourth-order valence-corrected chi connectivity index (χ4v) is 1.89. The molecule has 0 fully saturated rings. The molecule has 1 aromatic heterocycles. The number of carbonyl (C=O) groups is 1. The first-order chi connectivity index (χ1) is 9.19. The number of hydrogen-bond donors (Lipinski definition) is 3. The van der Waals surface area contributed by atoms with E-state index in [1.54, 1.807) is 0 Å². The van der Waals surface area contributed by atoms with Crippen LogP contribution in [0.2, 0.25) is 0 Å². The molecule has 0 aliphatic heterocycles. The minimum absolute atomic E-state index is 0.130. The van der Waals surface area contributed by atoms with Gasteiger partial charge in [0.1, 0.15) is 0 Å². The maximum Gasteiger partial charge on any atom is 0.226 e. The molecule has 0 aliphatic rings. The van der Waals surface area contributed by atoms with E-state index >= 15 is 0 Å². The molecule has 5 nitrogen and oxygen atoms in total. The summed E-state index contributed by atoms with van der Waals surface area (Å²) < 4.78 is 0. The molecule has 0 spiro atoms. The van der Waals surface area contributed by atoms with Crippen LogP contribution in [0.4, 0.5) is 0 Å². The number of aliphatic hydroxyl groups is 1. The summed E-state index contributed by atoms with van der Waals surface area (Å²) >= 11 is 0. The second kappa shape index (κ2) is 6.15. The molecule has 0 saturated heterocycles. The molecular weight excluding hydrogens is 242 g/mol. The SMILES string of the molecule is Cc1cc(CC(=O)N[C@H](CO)c2ccccc2)n[nH]1. The minimum Gasteiger partial charge on any atom is -0.394 e. The molecule has 1 heterocycles. The highest BCUT2D eigenvalue weighted by atomic mass is 16.3. The van der Waals surface area contributed by atoms with Crippen molar-refractivity contribution in [1.29, 1.82) is 0 Å². The molecule has 0 bridgehead atoms. The number of nitrogens with one attached hydrogen (secondary N) is 2. The molecule has 1 amide bonds. The molecule has 3 N–H and O–H groups in total. The molecule has 100 valence electrons. The Morgan fingerprint density at radius 2 is 2.16 bits per heavy atom. The molecule has 19 heavy (non-hydrogen) atoms. The summed E-state index contributed by atoms with van der Waals surface area (Å²) in [6.07, 6.45) is 0.202. The Labute approximate surface area is 111 Å². The van der Waals surface area contributed by atoms with Gasteiger partial charge in [0.2, 0.25) is 5.91 Å². The van der Waals surface area contributed by atoms with Crippen LogP contribution in [0.3, 0.4) is 0 Å². The van der Waals surface area contributed by atoms with E-state index in [0.717, 1.165) is 11.3 Å². The van der Waals surface area contributed by atoms with Gasteiger partial charge < -0.3 is 10.4 Å². The van der Waals surface area contributed by atoms with Crippen molar-refractivity contribution in [2.45, 2.75) is 19.4 Å². The third-order valence-corrected chi connectivity index (χ3v) is 2.82. The summed E-state index contributed by atoms with van der Waals surface area (Å²) in [5, 5.41) is 19.0. The predicted octanol–water partition coefficient (Wildman–Crippen LogP) is 1.11. The Bertz CT molecular complexity index is 537. The van der Waals surface area contributed by atoms with Crippen LogP contribution in [0.15, 0.2) is 36.4 Å². The number of aromatic amines is 1. The Hall–Kier alpha value is -2.14. The highest BCUT2D eigenvalue weighted by molar-refractivity contribution is 5.78. The third-order valence-electron chi connectivity index (χ3n) is 2.82. The molecule has 1 aromatic carbocycles. The second-order valence-electron chi connectivity index (χ2n) is 4.43. The van der Waals surface area contributed by atoms with Gasteiger partial charge in [-0.25, -0.2) is 0 Å². The lowest BCUT2D eigenvalue weighted by Crippen LogP contribution is -2.32. The van der Waals surface area contributed by atoms with Gasteiger partial charge in [-0.05, 0) is 18.6 Å². The number of hydrogen-bond acceptors (Lipinski definition) is 3. The highest BCUT2D eigenvalue weighted by Crippen LogP contribution is 2.11. The van der Waals surface area contributed by atoms with Crippen LogP contribution in [0.1, 0.15) is 23.0 Å². The van der Waals surface area contributed by atoms with Crippen molar-refractivity contribution in [3.8, 4) is 0 Å². The zero-order valence-electron chi connectivity index (χ0n) is 10.8. The molecule has 5 heteroatoms. The number of rotatable bonds is 5. The first-order valence-electron chi connectivity index (χ1n) is 6.15. The number of benzene rings is 1. The van der Waals surface area contributed by atoms with Gasteiger partial charge >= 0.3 is 0 Å². The van der Waals surface area contributed by atoms with E-state index in [4.69, 9.17) is 0 Å². The fourth-order valence-electron chi connectivity index (χ4n) is 1.89. The van der Waals surface area contributed by atoms with Crippen LogP contribution in [0.5, 0.6) is 0 Å². The topological polar surface area (TPSA) is 78.0 Å². The van der Waals surface area contributed by atoms with Crippen LogP contribution in [0.25, 0.3) is 0 Å². The third kappa shape index (κ3) is 3.66. The molecule has 1 atom stereocenters. The Morgan fingerprint density at radius 3 is 2.74 bits per heavy atom. The van der Waals surface area contributed by atoms with E-state index in [2.05, 4.69) is 15.5 Å².